The zero-order valence-corrected chi connectivity index (χ0v) is 12.4. The maximum Gasteiger partial charge on any atom is 0.410 e. The lowest BCUT2D eigenvalue weighted by Gasteiger charge is -2.33. The van der Waals surface area contributed by atoms with Crippen LogP contribution in [0.25, 0.3) is 0 Å². The molecule has 2 unspecified atom stereocenters. The number of carbonyl (C=O) groups excluding carboxylic acids is 2. The molecule has 2 N–H and O–H groups in total. The van der Waals surface area contributed by atoms with Crippen LogP contribution in [0.15, 0.2) is 0 Å². The minimum Gasteiger partial charge on any atom is -0.375 e. The van der Waals surface area contributed by atoms with Gasteiger partial charge in [-0.1, -0.05) is 13.8 Å². The van der Waals surface area contributed by atoms with Crippen molar-refractivity contribution in [3.8, 4) is 0 Å². The Kier molecular flexibility index (Phi) is 8.26. The van der Waals surface area contributed by atoms with Gasteiger partial charge < -0.3 is 20.1 Å². The fourth-order valence-electron chi connectivity index (χ4n) is 1.71. The molecule has 0 spiro atoms. The van der Waals surface area contributed by atoms with Gasteiger partial charge >= 0.3 is 6.18 Å². The molecule has 0 aromatic heterocycles. The van der Waals surface area contributed by atoms with Crippen LogP contribution in [0.1, 0.15) is 13.8 Å². The van der Waals surface area contributed by atoms with Gasteiger partial charge in [-0.15, -0.1) is 0 Å². The van der Waals surface area contributed by atoms with Crippen LogP contribution >= 0.6 is 0 Å². The Morgan fingerprint density at radius 2 is 1.43 bits per heavy atom. The van der Waals surface area contributed by atoms with Crippen molar-refractivity contribution >= 4 is 11.8 Å². The molecule has 0 heterocycles. The third-order valence-corrected chi connectivity index (χ3v) is 2.63. The predicted molar refractivity (Wildman–Crippen MR) is 68.5 cm³/mol. The fraction of sp³-hybridized carbons (Fsp3) is 0.833. The van der Waals surface area contributed by atoms with Crippen LogP contribution in [-0.4, -0.2) is 57.5 Å². The molecule has 0 aromatic carbocycles. The van der Waals surface area contributed by atoms with Crippen molar-refractivity contribution in [2.75, 3.05) is 27.4 Å². The molecule has 0 aromatic rings. The second-order valence-corrected chi connectivity index (χ2v) is 4.79. The summed E-state index contributed by atoms with van der Waals surface area (Å²) in [6.45, 7) is 2.17. The van der Waals surface area contributed by atoms with Crippen LogP contribution in [0.5, 0.6) is 0 Å². The lowest BCUT2D eigenvalue weighted by Crippen LogP contribution is -2.61. The van der Waals surface area contributed by atoms with E-state index >= 15 is 0 Å². The van der Waals surface area contributed by atoms with Crippen molar-refractivity contribution < 1.29 is 32.2 Å². The predicted octanol–water partition coefficient (Wildman–Crippen LogP) is 0.467. The van der Waals surface area contributed by atoms with Gasteiger partial charge in [0.05, 0.1) is 6.04 Å². The van der Waals surface area contributed by atoms with Crippen molar-refractivity contribution in [2.24, 2.45) is 5.92 Å². The molecule has 0 radical (unpaired) electrons. The van der Waals surface area contributed by atoms with Crippen LogP contribution in [-0.2, 0) is 19.1 Å². The molecule has 2 atom stereocenters. The third-order valence-electron chi connectivity index (χ3n) is 2.63. The largest absolute Gasteiger partial charge is 0.410 e. The van der Waals surface area contributed by atoms with E-state index in [0.717, 1.165) is 0 Å². The Labute approximate surface area is 121 Å². The van der Waals surface area contributed by atoms with Crippen molar-refractivity contribution in [3.63, 3.8) is 0 Å². The summed E-state index contributed by atoms with van der Waals surface area (Å²) in [6.07, 6.45) is -4.71. The van der Waals surface area contributed by atoms with E-state index in [1.807, 2.05) is 5.32 Å². The number of methoxy groups -OCH3 is 2. The number of ether oxygens (including phenoxy) is 2. The van der Waals surface area contributed by atoms with Gasteiger partial charge in [0.2, 0.25) is 11.8 Å². The number of alkyl halides is 3. The molecule has 9 heteroatoms. The molecule has 0 bridgehead atoms. The number of amides is 2. The van der Waals surface area contributed by atoms with E-state index in [2.05, 4.69) is 14.8 Å². The summed E-state index contributed by atoms with van der Waals surface area (Å²) < 4.78 is 48.4. The number of hydrogen-bond donors (Lipinski definition) is 2. The summed E-state index contributed by atoms with van der Waals surface area (Å²) in [7, 11) is 2.45. The van der Waals surface area contributed by atoms with Crippen molar-refractivity contribution in [3.05, 3.63) is 0 Å². The minimum absolute atomic E-state index is 0.361. The van der Waals surface area contributed by atoms with Crippen molar-refractivity contribution in [1.82, 2.24) is 10.6 Å². The number of hydrogen-bond acceptors (Lipinski definition) is 4. The van der Waals surface area contributed by atoms with Gasteiger partial charge in [0.1, 0.15) is 19.3 Å². The van der Waals surface area contributed by atoms with E-state index in [4.69, 9.17) is 0 Å². The fourth-order valence-corrected chi connectivity index (χ4v) is 1.71. The highest BCUT2D eigenvalue weighted by atomic mass is 19.4. The monoisotopic (exact) mass is 314 g/mol. The van der Waals surface area contributed by atoms with E-state index in [-0.39, 0.29) is 6.61 Å². The highest BCUT2D eigenvalue weighted by Gasteiger charge is 2.47. The average Bonchev–Trinajstić information content (AvgIpc) is 2.32. The molecule has 0 saturated carbocycles. The van der Waals surface area contributed by atoms with Crippen LogP contribution in [0, 0.1) is 5.92 Å². The zero-order valence-electron chi connectivity index (χ0n) is 12.4. The SMILES string of the molecule is COCC(=O)NC(C(C)C)C(NC(=O)COC)C(F)(F)F. The first-order valence-corrected chi connectivity index (χ1v) is 6.26. The van der Waals surface area contributed by atoms with E-state index in [9.17, 15) is 22.8 Å². The van der Waals surface area contributed by atoms with Crippen molar-refractivity contribution in [2.45, 2.75) is 32.1 Å². The molecule has 0 aliphatic heterocycles. The van der Waals surface area contributed by atoms with Crippen LogP contribution in [0.4, 0.5) is 13.2 Å². The molecule has 21 heavy (non-hydrogen) atoms. The van der Waals surface area contributed by atoms with E-state index in [1.165, 1.54) is 28.1 Å². The van der Waals surface area contributed by atoms with Gasteiger partial charge in [-0.25, -0.2) is 0 Å². The smallest absolute Gasteiger partial charge is 0.375 e. The van der Waals surface area contributed by atoms with E-state index in [1.54, 1.807) is 0 Å². The first kappa shape index (κ1) is 19.7. The molecule has 0 rings (SSSR count). The van der Waals surface area contributed by atoms with Crippen LogP contribution < -0.4 is 10.6 Å². The number of rotatable bonds is 8. The Bertz CT molecular complexity index is 348. The molecule has 2 amide bonds. The van der Waals surface area contributed by atoms with Gasteiger partial charge in [-0.3, -0.25) is 9.59 Å². The molecular weight excluding hydrogens is 293 g/mol. The molecule has 0 aliphatic carbocycles. The standard InChI is InChI=1S/C12H21F3N2O4/c1-7(2)10(16-8(18)5-20-3)11(12(13,14)15)17-9(19)6-21-4/h7,10-11H,5-6H2,1-4H3,(H,16,18)(H,17,19). The summed E-state index contributed by atoms with van der Waals surface area (Å²) in [4.78, 5) is 22.8. The van der Waals surface area contributed by atoms with Crippen LogP contribution in [0.2, 0.25) is 0 Å². The quantitative estimate of drug-likeness (QED) is 0.683. The van der Waals surface area contributed by atoms with Gasteiger partial charge in [0.25, 0.3) is 0 Å². The summed E-state index contributed by atoms with van der Waals surface area (Å²) in [5.74, 6) is -2.15. The lowest BCUT2D eigenvalue weighted by molar-refractivity contribution is -0.171. The summed E-state index contributed by atoms with van der Waals surface area (Å²) >= 11 is 0. The first-order chi connectivity index (χ1) is 9.63. The topological polar surface area (TPSA) is 76.7 Å². The lowest BCUT2D eigenvalue weighted by atomic mass is 9.95. The number of halogens is 3. The van der Waals surface area contributed by atoms with Gasteiger partial charge in [-0.05, 0) is 5.92 Å². The molecular formula is C12H21F3N2O4. The highest BCUT2D eigenvalue weighted by molar-refractivity contribution is 5.79. The summed E-state index contributed by atoms with van der Waals surface area (Å²) in [5, 5.41) is 4.07. The van der Waals surface area contributed by atoms with Gasteiger partial charge in [0.15, 0.2) is 0 Å². The molecule has 6 nitrogen and oxygen atoms in total. The second kappa shape index (κ2) is 8.83. The third kappa shape index (κ3) is 7.28. The average molecular weight is 314 g/mol. The molecule has 0 aliphatic rings. The second-order valence-electron chi connectivity index (χ2n) is 4.79. The molecule has 124 valence electrons. The Morgan fingerprint density at radius 1 is 1.00 bits per heavy atom. The van der Waals surface area contributed by atoms with Gasteiger partial charge in [-0.2, -0.15) is 13.2 Å². The minimum atomic E-state index is -4.71. The Morgan fingerprint density at radius 3 is 1.76 bits per heavy atom. The molecule has 0 fully saturated rings. The van der Waals surface area contributed by atoms with Crippen LogP contribution in [0.3, 0.4) is 0 Å². The Hall–Kier alpha value is -1.35. The Balaban J connectivity index is 5.12. The number of nitrogens with one attached hydrogen (secondary N) is 2. The summed E-state index contributed by atoms with van der Waals surface area (Å²) in [6, 6.07) is -3.52. The van der Waals surface area contributed by atoms with E-state index < -0.39 is 42.6 Å². The zero-order chi connectivity index (χ0) is 16.6. The molecule has 0 saturated heterocycles. The first-order valence-electron chi connectivity index (χ1n) is 6.26. The van der Waals surface area contributed by atoms with Gasteiger partial charge in [0, 0.05) is 14.2 Å². The van der Waals surface area contributed by atoms with Crippen molar-refractivity contribution in [1.29, 1.82) is 0 Å². The number of carbonyl (C=O) groups is 2. The maximum absolute atomic E-state index is 13.1. The highest BCUT2D eigenvalue weighted by Crippen LogP contribution is 2.25. The summed E-state index contributed by atoms with van der Waals surface area (Å²) in [5.41, 5.74) is 0. The normalized spacial score (nSPS) is 14.7. The van der Waals surface area contributed by atoms with E-state index in [0.29, 0.717) is 0 Å². The maximum atomic E-state index is 13.1.